The van der Waals surface area contributed by atoms with Crippen LogP contribution in [0.4, 0.5) is 0 Å². The van der Waals surface area contributed by atoms with E-state index in [0.29, 0.717) is 10.5 Å². The van der Waals surface area contributed by atoms with Crippen molar-refractivity contribution in [2.75, 3.05) is 18.2 Å². The molecule has 0 bridgehead atoms. The number of ether oxygens (including phenoxy) is 1. The normalized spacial score (nSPS) is 17.6. The molecule has 0 aliphatic carbocycles. The molecule has 1 aliphatic heterocycles. The molecule has 3 aromatic rings. The zero-order valence-corrected chi connectivity index (χ0v) is 14.6. The average molecular weight is 359 g/mol. The smallest absolute Gasteiger partial charge is 0.282 e. The first-order chi connectivity index (χ1) is 11.7. The van der Waals surface area contributed by atoms with Gasteiger partial charge in [0.2, 0.25) is 0 Å². The van der Waals surface area contributed by atoms with Crippen molar-refractivity contribution < 1.29 is 4.74 Å². The number of fused-ring (bicyclic) bond motifs is 1. The van der Waals surface area contributed by atoms with Crippen molar-refractivity contribution in [1.29, 1.82) is 0 Å². The third-order valence-electron chi connectivity index (χ3n) is 4.11. The summed E-state index contributed by atoms with van der Waals surface area (Å²) in [7, 11) is 0. The Morgan fingerprint density at radius 2 is 2.21 bits per heavy atom. The summed E-state index contributed by atoms with van der Waals surface area (Å²) in [5, 5.41) is 3.11. The highest BCUT2D eigenvalue weighted by molar-refractivity contribution is 7.99. The number of hydrogen-bond donors (Lipinski definition) is 1. The molecule has 2 N–H and O–H groups in total. The molecule has 4 rings (SSSR count). The number of thioether (sulfide) groups is 1. The number of nitrogen functional groups attached to an aromatic ring is 1. The summed E-state index contributed by atoms with van der Waals surface area (Å²) in [4.78, 5) is 18.1. The first-order valence-corrected chi connectivity index (χ1v) is 9.69. The van der Waals surface area contributed by atoms with Crippen LogP contribution < -0.4 is 11.4 Å². The Morgan fingerprint density at radius 3 is 2.96 bits per heavy atom. The Kier molecular flexibility index (Phi) is 4.30. The van der Waals surface area contributed by atoms with Gasteiger partial charge < -0.3 is 10.6 Å². The van der Waals surface area contributed by atoms with Gasteiger partial charge in [0.1, 0.15) is 4.83 Å². The van der Waals surface area contributed by atoms with E-state index in [0.717, 1.165) is 41.2 Å². The summed E-state index contributed by atoms with van der Waals surface area (Å²) >= 11 is 2.97. The number of aromatic nitrogens is 2. The van der Waals surface area contributed by atoms with Gasteiger partial charge in [0.15, 0.2) is 5.16 Å². The molecule has 0 saturated carbocycles. The molecule has 5 nitrogen and oxygen atoms in total. The highest BCUT2D eigenvalue weighted by Crippen LogP contribution is 2.32. The van der Waals surface area contributed by atoms with Gasteiger partial charge in [-0.15, -0.1) is 11.3 Å². The first-order valence-electron chi connectivity index (χ1n) is 7.83. The van der Waals surface area contributed by atoms with Crippen LogP contribution in [0.5, 0.6) is 0 Å². The van der Waals surface area contributed by atoms with Gasteiger partial charge >= 0.3 is 0 Å². The Labute approximate surface area is 147 Å². The monoisotopic (exact) mass is 359 g/mol. The van der Waals surface area contributed by atoms with Crippen LogP contribution >= 0.6 is 23.1 Å². The molecule has 1 fully saturated rings. The van der Waals surface area contributed by atoms with Crippen molar-refractivity contribution in [3.8, 4) is 11.1 Å². The third kappa shape index (κ3) is 2.83. The van der Waals surface area contributed by atoms with Crippen LogP contribution in [0.3, 0.4) is 0 Å². The van der Waals surface area contributed by atoms with Crippen LogP contribution in [0.15, 0.2) is 45.7 Å². The van der Waals surface area contributed by atoms with Gasteiger partial charge in [-0.3, -0.25) is 4.79 Å². The molecule has 1 saturated heterocycles. The maximum Gasteiger partial charge on any atom is 0.282 e. The quantitative estimate of drug-likeness (QED) is 0.440. The van der Waals surface area contributed by atoms with E-state index in [9.17, 15) is 4.79 Å². The lowest BCUT2D eigenvalue weighted by molar-refractivity contribution is 0.129. The fourth-order valence-corrected chi connectivity index (χ4v) is 4.83. The average Bonchev–Trinajstić information content (AvgIpc) is 3.27. The van der Waals surface area contributed by atoms with E-state index >= 15 is 0 Å². The molecule has 0 amide bonds. The molecular formula is C17H17N3O2S2. The van der Waals surface area contributed by atoms with Gasteiger partial charge in [-0.05, 0) is 18.4 Å². The maximum absolute atomic E-state index is 12.8. The second-order valence-corrected chi connectivity index (χ2v) is 7.56. The van der Waals surface area contributed by atoms with Crippen molar-refractivity contribution in [3.05, 3.63) is 46.1 Å². The highest BCUT2D eigenvalue weighted by atomic mass is 32.2. The largest absolute Gasteiger partial charge is 0.377 e. The zero-order chi connectivity index (χ0) is 16.5. The predicted molar refractivity (Wildman–Crippen MR) is 99.2 cm³/mol. The standard InChI is InChI=1S/C17H17N3O2S2/c18-20-16(21)14-13(11-5-2-1-3-6-11)10-23-15(14)19-17(20)24-9-12-7-4-8-22-12/h1-3,5-6,10,12H,4,7-9,18H2. The molecule has 0 radical (unpaired) electrons. The SMILES string of the molecule is Nn1c(SCC2CCCO2)nc2scc(-c3ccccc3)c2c1=O. The number of benzene rings is 1. The van der Waals surface area contributed by atoms with Gasteiger partial charge in [-0.25, -0.2) is 9.66 Å². The Morgan fingerprint density at radius 1 is 1.38 bits per heavy atom. The number of hydrogen-bond acceptors (Lipinski definition) is 6. The minimum Gasteiger partial charge on any atom is -0.377 e. The fourth-order valence-electron chi connectivity index (χ4n) is 2.86. The van der Waals surface area contributed by atoms with Crippen molar-refractivity contribution >= 4 is 33.3 Å². The zero-order valence-electron chi connectivity index (χ0n) is 13.0. The Balaban J connectivity index is 1.72. The second kappa shape index (κ2) is 6.58. The molecule has 1 aromatic carbocycles. The van der Waals surface area contributed by atoms with Gasteiger partial charge in [0, 0.05) is 23.3 Å². The van der Waals surface area contributed by atoms with Crippen LogP contribution in [-0.2, 0) is 4.74 Å². The molecule has 1 unspecified atom stereocenters. The molecule has 7 heteroatoms. The maximum atomic E-state index is 12.8. The summed E-state index contributed by atoms with van der Waals surface area (Å²) in [6.07, 6.45) is 2.38. The Bertz CT molecular complexity index is 915. The lowest BCUT2D eigenvalue weighted by Crippen LogP contribution is -2.30. The van der Waals surface area contributed by atoms with Crippen LogP contribution in [0.1, 0.15) is 12.8 Å². The number of nitrogens with zero attached hydrogens (tertiary/aromatic N) is 2. The topological polar surface area (TPSA) is 70.1 Å². The van der Waals surface area contributed by atoms with Crippen molar-refractivity contribution in [1.82, 2.24) is 9.66 Å². The number of rotatable bonds is 4. The molecule has 1 aliphatic rings. The predicted octanol–water partition coefficient (Wildman–Crippen LogP) is 3.11. The van der Waals surface area contributed by atoms with Gasteiger partial charge in [-0.2, -0.15) is 0 Å². The van der Waals surface area contributed by atoms with Crippen molar-refractivity contribution in [2.45, 2.75) is 24.1 Å². The molecule has 3 heterocycles. The van der Waals surface area contributed by atoms with Crippen LogP contribution in [-0.4, -0.2) is 28.1 Å². The molecule has 24 heavy (non-hydrogen) atoms. The molecular weight excluding hydrogens is 342 g/mol. The van der Waals surface area contributed by atoms with Gasteiger partial charge in [0.25, 0.3) is 5.56 Å². The van der Waals surface area contributed by atoms with Crippen LogP contribution in [0, 0.1) is 0 Å². The molecule has 0 spiro atoms. The van der Waals surface area contributed by atoms with E-state index in [2.05, 4.69) is 4.98 Å². The Hall–Kier alpha value is -1.83. The van der Waals surface area contributed by atoms with Crippen molar-refractivity contribution in [3.63, 3.8) is 0 Å². The summed E-state index contributed by atoms with van der Waals surface area (Å²) in [6.45, 7) is 0.818. The summed E-state index contributed by atoms with van der Waals surface area (Å²) in [5.74, 6) is 6.79. The molecule has 1 atom stereocenters. The number of nitrogens with two attached hydrogens (primary N) is 1. The second-order valence-electron chi connectivity index (χ2n) is 5.71. The summed E-state index contributed by atoms with van der Waals surface area (Å²) in [5.41, 5.74) is 1.69. The van der Waals surface area contributed by atoms with Crippen LogP contribution in [0.25, 0.3) is 21.3 Å². The lowest BCUT2D eigenvalue weighted by atomic mass is 10.1. The van der Waals surface area contributed by atoms with Crippen molar-refractivity contribution in [2.24, 2.45) is 0 Å². The number of thiophene rings is 1. The van der Waals surface area contributed by atoms with E-state index in [1.807, 2.05) is 35.7 Å². The van der Waals surface area contributed by atoms with E-state index in [1.54, 1.807) is 0 Å². The van der Waals surface area contributed by atoms with Gasteiger partial charge in [0.05, 0.1) is 11.5 Å². The first kappa shape index (κ1) is 15.7. The van der Waals surface area contributed by atoms with Crippen LogP contribution in [0.2, 0.25) is 0 Å². The van der Waals surface area contributed by atoms with Gasteiger partial charge in [-0.1, -0.05) is 42.1 Å². The van der Waals surface area contributed by atoms with E-state index in [4.69, 9.17) is 10.6 Å². The van der Waals surface area contributed by atoms with E-state index < -0.39 is 0 Å². The molecule has 124 valence electrons. The highest BCUT2D eigenvalue weighted by Gasteiger charge is 2.19. The minimum absolute atomic E-state index is 0.199. The third-order valence-corrected chi connectivity index (χ3v) is 6.07. The minimum atomic E-state index is -0.199. The molecule has 2 aromatic heterocycles. The fraction of sp³-hybridized carbons (Fsp3) is 0.294. The summed E-state index contributed by atoms with van der Waals surface area (Å²) < 4.78 is 6.79. The lowest BCUT2D eigenvalue weighted by Gasteiger charge is -2.10. The van der Waals surface area contributed by atoms with E-state index in [1.165, 1.54) is 27.8 Å². The summed E-state index contributed by atoms with van der Waals surface area (Å²) in [6, 6.07) is 9.85. The van der Waals surface area contributed by atoms with E-state index in [-0.39, 0.29) is 11.7 Å².